The summed E-state index contributed by atoms with van der Waals surface area (Å²) in [5, 5.41) is 7.14. The van der Waals surface area contributed by atoms with Gasteiger partial charge in [0, 0.05) is 24.6 Å². The van der Waals surface area contributed by atoms with Gasteiger partial charge >= 0.3 is 6.03 Å². The molecule has 2 N–H and O–H groups in total. The molecule has 1 aliphatic rings. The highest BCUT2D eigenvalue weighted by atomic mass is 35.5. The zero-order valence-electron chi connectivity index (χ0n) is 17.4. The maximum atomic E-state index is 12.3. The number of halogens is 2. The number of carbonyl (C=O) groups excluding carboxylic acids is 1. The Balaban J connectivity index is 1.51. The minimum atomic E-state index is -0.160. The molecule has 1 saturated heterocycles. The van der Waals surface area contributed by atoms with Crippen molar-refractivity contribution in [3.8, 4) is 5.69 Å². The molecule has 31 heavy (non-hydrogen) atoms. The Hall–Kier alpha value is -2.84. The molecule has 4 rings (SSSR count). The molecule has 1 aliphatic heterocycles. The molecule has 10 heteroatoms. The molecule has 1 unspecified atom stereocenters. The largest absolute Gasteiger partial charge is 0.346 e. The van der Waals surface area contributed by atoms with Crippen molar-refractivity contribution in [2.75, 3.05) is 16.8 Å². The van der Waals surface area contributed by atoms with Gasteiger partial charge in [-0.15, -0.1) is 0 Å². The Morgan fingerprint density at radius 1 is 1.16 bits per heavy atom. The highest BCUT2D eigenvalue weighted by molar-refractivity contribution is 6.42. The normalized spacial score (nSPS) is 17.2. The van der Waals surface area contributed by atoms with Crippen LogP contribution >= 0.6 is 23.2 Å². The molecule has 0 bridgehead atoms. The fourth-order valence-corrected chi connectivity index (χ4v) is 3.79. The van der Waals surface area contributed by atoms with Crippen LogP contribution in [-0.2, 0) is 0 Å². The molecule has 0 spiro atoms. The Morgan fingerprint density at radius 3 is 2.71 bits per heavy atom. The van der Waals surface area contributed by atoms with Crippen LogP contribution in [0.25, 0.3) is 5.69 Å². The lowest BCUT2D eigenvalue weighted by Gasteiger charge is -2.25. The SMILES string of the molecule is CC(Nc1nccc(N2C(=O)NC[C@@H]2C(C)C)n1)c1cn(-c2ccc(Cl)c(Cl)c2)cn1. The van der Waals surface area contributed by atoms with Crippen LogP contribution in [0.5, 0.6) is 0 Å². The van der Waals surface area contributed by atoms with Crippen LogP contribution in [0.2, 0.25) is 10.0 Å². The molecule has 2 atom stereocenters. The summed E-state index contributed by atoms with van der Waals surface area (Å²) in [5.74, 6) is 1.30. The number of rotatable bonds is 6. The summed E-state index contributed by atoms with van der Waals surface area (Å²) in [6.07, 6.45) is 5.27. The monoisotopic (exact) mass is 459 g/mol. The highest BCUT2D eigenvalue weighted by Crippen LogP contribution is 2.26. The predicted octanol–water partition coefficient (Wildman–Crippen LogP) is 4.70. The van der Waals surface area contributed by atoms with E-state index >= 15 is 0 Å². The summed E-state index contributed by atoms with van der Waals surface area (Å²) in [6, 6.07) is 6.90. The van der Waals surface area contributed by atoms with E-state index in [0.717, 1.165) is 11.4 Å². The van der Waals surface area contributed by atoms with Crippen LogP contribution in [0.1, 0.15) is 32.5 Å². The minimum Gasteiger partial charge on any atom is -0.346 e. The van der Waals surface area contributed by atoms with Crippen LogP contribution in [0.3, 0.4) is 0 Å². The maximum absolute atomic E-state index is 12.3. The molecule has 162 valence electrons. The van der Waals surface area contributed by atoms with E-state index in [2.05, 4.69) is 39.4 Å². The van der Waals surface area contributed by atoms with E-state index in [0.29, 0.717) is 34.3 Å². The highest BCUT2D eigenvalue weighted by Gasteiger charge is 2.35. The van der Waals surface area contributed by atoms with Gasteiger partial charge < -0.3 is 15.2 Å². The summed E-state index contributed by atoms with van der Waals surface area (Å²) in [7, 11) is 0. The first-order chi connectivity index (χ1) is 14.8. The lowest BCUT2D eigenvalue weighted by molar-refractivity contribution is 0.251. The van der Waals surface area contributed by atoms with Crippen molar-refractivity contribution < 1.29 is 4.79 Å². The van der Waals surface area contributed by atoms with Crippen molar-refractivity contribution >= 4 is 41.0 Å². The molecule has 1 aromatic carbocycles. The molecule has 3 aromatic rings. The van der Waals surface area contributed by atoms with E-state index in [1.165, 1.54) is 0 Å². The Kier molecular flexibility index (Phi) is 6.02. The van der Waals surface area contributed by atoms with Crippen LogP contribution in [0.4, 0.5) is 16.6 Å². The van der Waals surface area contributed by atoms with Crippen LogP contribution in [-0.4, -0.2) is 38.1 Å². The average Bonchev–Trinajstić information content (AvgIpc) is 3.37. The van der Waals surface area contributed by atoms with Gasteiger partial charge in [-0.05, 0) is 37.1 Å². The van der Waals surface area contributed by atoms with Gasteiger partial charge in [0.15, 0.2) is 0 Å². The number of urea groups is 1. The van der Waals surface area contributed by atoms with Crippen molar-refractivity contribution in [2.24, 2.45) is 5.92 Å². The summed E-state index contributed by atoms with van der Waals surface area (Å²) >= 11 is 12.1. The molecule has 2 amide bonds. The number of carbonyl (C=O) groups is 1. The first-order valence-corrected chi connectivity index (χ1v) is 10.7. The van der Waals surface area contributed by atoms with Crippen LogP contribution in [0, 0.1) is 5.92 Å². The van der Waals surface area contributed by atoms with Crippen molar-refractivity contribution in [1.82, 2.24) is 24.8 Å². The van der Waals surface area contributed by atoms with Crippen LogP contribution in [0.15, 0.2) is 43.0 Å². The second-order valence-electron chi connectivity index (χ2n) is 7.78. The molecule has 2 aromatic heterocycles. The number of aromatic nitrogens is 4. The molecule has 0 saturated carbocycles. The van der Waals surface area contributed by atoms with E-state index in [9.17, 15) is 4.79 Å². The third-order valence-electron chi connectivity index (χ3n) is 5.26. The molecule has 3 heterocycles. The van der Waals surface area contributed by atoms with Crippen molar-refractivity contribution in [3.63, 3.8) is 0 Å². The van der Waals surface area contributed by atoms with E-state index in [-0.39, 0.29) is 18.1 Å². The fourth-order valence-electron chi connectivity index (χ4n) is 3.50. The zero-order valence-corrected chi connectivity index (χ0v) is 18.9. The van der Waals surface area contributed by atoms with E-state index in [1.807, 2.05) is 23.8 Å². The summed E-state index contributed by atoms with van der Waals surface area (Å²) < 4.78 is 1.87. The number of anilines is 2. The van der Waals surface area contributed by atoms with Gasteiger partial charge in [0.2, 0.25) is 5.95 Å². The second kappa shape index (κ2) is 8.72. The molecular formula is C21H23Cl2N7O. The standard InChI is InChI=1S/C21H23Cl2N7O/c1-12(2)18-9-25-21(31)30(18)19-6-7-24-20(28-19)27-13(3)17-10-29(11-26-17)14-4-5-15(22)16(23)8-14/h4-8,10-13,18H,9H2,1-3H3,(H,25,31)(H,24,27,28)/t13?,18-/m1/s1. The van der Waals surface area contributed by atoms with Gasteiger partial charge in [0.1, 0.15) is 5.82 Å². The van der Waals surface area contributed by atoms with E-state index in [1.54, 1.807) is 35.6 Å². The first kappa shape index (κ1) is 21.4. The van der Waals surface area contributed by atoms with Gasteiger partial charge in [0.25, 0.3) is 0 Å². The third-order valence-corrected chi connectivity index (χ3v) is 6.00. The molecule has 0 aliphatic carbocycles. The van der Waals surface area contributed by atoms with Gasteiger partial charge in [-0.2, -0.15) is 4.98 Å². The fraction of sp³-hybridized carbons (Fsp3) is 0.333. The number of imidazole rings is 1. The van der Waals surface area contributed by atoms with Crippen molar-refractivity contribution in [3.05, 3.63) is 58.7 Å². The number of benzene rings is 1. The molecule has 8 nitrogen and oxygen atoms in total. The summed E-state index contributed by atoms with van der Waals surface area (Å²) in [4.78, 5) is 27.4. The number of amides is 2. The summed E-state index contributed by atoms with van der Waals surface area (Å²) in [5.41, 5.74) is 1.66. The minimum absolute atomic E-state index is 0.0505. The smallest absolute Gasteiger partial charge is 0.323 e. The molecular weight excluding hydrogens is 437 g/mol. The van der Waals surface area contributed by atoms with E-state index in [4.69, 9.17) is 23.2 Å². The van der Waals surface area contributed by atoms with Gasteiger partial charge in [-0.3, -0.25) is 4.90 Å². The average molecular weight is 460 g/mol. The predicted molar refractivity (Wildman–Crippen MR) is 122 cm³/mol. The number of hydrogen-bond donors (Lipinski definition) is 2. The summed E-state index contributed by atoms with van der Waals surface area (Å²) in [6.45, 7) is 6.75. The lowest BCUT2D eigenvalue weighted by Crippen LogP contribution is -2.38. The van der Waals surface area contributed by atoms with Crippen LogP contribution < -0.4 is 15.5 Å². The van der Waals surface area contributed by atoms with Gasteiger partial charge in [-0.25, -0.2) is 14.8 Å². The number of nitrogens with zero attached hydrogens (tertiary/aromatic N) is 5. The Bertz CT molecular complexity index is 1100. The Labute approximate surface area is 190 Å². The first-order valence-electron chi connectivity index (χ1n) is 9.99. The lowest BCUT2D eigenvalue weighted by atomic mass is 10.0. The number of hydrogen-bond acceptors (Lipinski definition) is 5. The quantitative estimate of drug-likeness (QED) is 0.557. The maximum Gasteiger partial charge on any atom is 0.323 e. The van der Waals surface area contributed by atoms with Gasteiger partial charge in [0.05, 0.1) is 34.2 Å². The Morgan fingerprint density at radius 2 is 1.97 bits per heavy atom. The molecule has 0 radical (unpaired) electrons. The van der Waals surface area contributed by atoms with Gasteiger partial charge in [-0.1, -0.05) is 37.0 Å². The van der Waals surface area contributed by atoms with E-state index < -0.39 is 0 Å². The van der Waals surface area contributed by atoms with Crippen molar-refractivity contribution in [2.45, 2.75) is 32.9 Å². The molecule has 1 fully saturated rings. The van der Waals surface area contributed by atoms with Crippen molar-refractivity contribution in [1.29, 1.82) is 0 Å². The number of nitrogens with one attached hydrogen (secondary N) is 2. The third kappa shape index (κ3) is 4.45. The topological polar surface area (TPSA) is 88.0 Å². The zero-order chi connectivity index (χ0) is 22.1. The second-order valence-corrected chi connectivity index (χ2v) is 8.59.